The minimum Gasteiger partial charge on any atom is -0.493 e. The van der Waals surface area contributed by atoms with Crippen LogP contribution in [0.1, 0.15) is 6.92 Å². The van der Waals surface area contributed by atoms with E-state index in [-0.39, 0.29) is 0 Å². The fourth-order valence-electron chi connectivity index (χ4n) is 2.91. The zero-order chi connectivity index (χ0) is 18.5. The van der Waals surface area contributed by atoms with Gasteiger partial charge in [-0.1, -0.05) is 42.5 Å². The lowest BCUT2D eigenvalue weighted by Crippen LogP contribution is -2.14. The Morgan fingerprint density at radius 3 is 2.31 bits per heavy atom. The molecule has 26 heavy (non-hydrogen) atoms. The van der Waals surface area contributed by atoms with Crippen LogP contribution in [-0.4, -0.2) is 26.9 Å². The molecule has 0 aliphatic carbocycles. The second-order valence-corrected chi connectivity index (χ2v) is 5.63. The smallest absolute Gasteiger partial charge is 0.411 e. The van der Waals surface area contributed by atoms with Gasteiger partial charge in [-0.2, -0.15) is 0 Å². The fraction of sp³-hybridized carbons (Fsp3) is 0.190. The van der Waals surface area contributed by atoms with Crippen LogP contribution >= 0.6 is 0 Å². The summed E-state index contributed by atoms with van der Waals surface area (Å²) in [5.41, 5.74) is 2.57. The Hall–Kier alpha value is -3.21. The first-order valence-electron chi connectivity index (χ1n) is 8.35. The van der Waals surface area contributed by atoms with E-state index in [2.05, 4.69) is 5.32 Å². The van der Waals surface area contributed by atoms with E-state index in [4.69, 9.17) is 14.2 Å². The Morgan fingerprint density at radius 1 is 0.962 bits per heavy atom. The molecular formula is C21H21NO4. The number of fused-ring (bicyclic) bond motifs is 1. The van der Waals surface area contributed by atoms with Gasteiger partial charge in [0.25, 0.3) is 0 Å². The highest BCUT2D eigenvalue weighted by Crippen LogP contribution is 2.40. The van der Waals surface area contributed by atoms with Crippen LogP contribution in [0.15, 0.2) is 54.6 Å². The molecule has 0 fully saturated rings. The molecule has 0 atom stereocenters. The quantitative estimate of drug-likeness (QED) is 0.695. The zero-order valence-corrected chi connectivity index (χ0v) is 15.0. The number of amides is 1. The summed E-state index contributed by atoms with van der Waals surface area (Å²) in [5.74, 6) is 1.23. The third-order valence-corrected chi connectivity index (χ3v) is 4.11. The predicted octanol–water partition coefficient (Wildman–Crippen LogP) is 5.09. The van der Waals surface area contributed by atoms with E-state index < -0.39 is 6.09 Å². The number of hydrogen-bond donors (Lipinski definition) is 1. The lowest BCUT2D eigenvalue weighted by molar-refractivity contribution is 0.168. The van der Waals surface area contributed by atoms with Gasteiger partial charge in [0.1, 0.15) is 0 Å². The third kappa shape index (κ3) is 3.42. The number of rotatable bonds is 5. The number of ether oxygens (including phenoxy) is 3. The van der Waals surface area contributed by atoms with Gasteiger partial charge in [0.05, 0.1) is 26.5 Å². The van der Waals surface area contributed by atoms with Gasteiger partial charge >= 0.3 is 6.09 Å². The summed E-state index contributed by atoms with van der Waals surface area (Å²) in [5, 5.41) is 4.65. The summed E-state index contributed by atoms with van der Waals surface area (Å²) in [7, 11) is 3.18. The van der Waals surface area contributed by atoms with Gasteiger partial charge in [0.2, 0.25) is 0 Å². The van der Waals surface area contributed by atoms with E-state index in [1.165, 1.54) is 0 Å². The van der Waals surface area contributed by atoms with E-state index >= 15 is 0 Å². The zero-order valence-electron chi connectivity index (χ0n) is 15.0. The Labute approximate surface area is 152 Å². The van der Waals surface area contributed by atoms with E-state index in [1.54, 1.807) is 21.1 Å². The molecule has 0 aromatic heterocycles. The van der Waals surface area contributed by atoms with Crippen LogP contribution in [0.4, 0.5) is 10.5 Å². The van der Waals surface area contributed by atoms with Crippen molar-refractivity contribution in [1.82, 2.24) is 0 Å². The molecule has 0 saturated heterocycles. The van der Waals surface area contributed by atoms with Crippen LogP contribution in [0.25, 0.3) is 21.9 Å². The highest BCUT2D eigenvalue weighted by molar-refractivity contribution is 6.07. The molecule has 0 heterocycles. The van der Waals surface area contributed by atoms with Crippen molar-refractivity contribution >= 4 is 22.6 Å². The summed E-state index contributed by atoms with van der Waals surface area (Å²) < 4.78 is 15.9. The summed E-state index contributed by atoms with van der Waals surface area (Å²) in [6.45, 7) is 2.07. The predicted molar refractivity (Wildman–Crippen MR) is 103 cm³/mol. The first-order chi connectivity index (χ1) is 12.7. The number of benzene rings is 3. The van der Waals surface area contributed by atoms with Gasteiger partial charge in [0, 0.05) is 10.9 Å². The monoisotopic (exact) mass is 351 g/mol. The van der Waals surface area contributed by atoms with Crippen LogP contribution in [0, 0.1) is 0 Å². The molecule has 5 nitrogen and oxygen atoms in total. The fourth-order valence-corrected chi connectivity index (χ4v) is 2.91. The molecule has 0 saturated carbocycles. The van der Waals surface area contributed by atoms with Gasteiger partial charge < -0.3 is 14.2 Å². The first kappa shape index (κ1) is 17.6. The minimum absolute atomic E-state index is 0.300. The molecule has 0 spiro atoms. The van der Waals surface area contributed by atoms with Crippen molar-refractivity contribution in [3.8, 4) is 22.6 Å². The molecule has 1 amide bonds. The largest absolute Gasteiger partial charge is 0.493 e. The molecule has 0 aliphatic rings. The van der Waals surface area contributed by atoms with Crippen LogP contribution in [0.2, 0.25) is 0 Å². The van der Waals surface area contributed by atoms with Crippen molar-refractivity contribution < 1.29 is 19.0 Å². The number of hydrogen-bond acceptors (Lipinski definition) is 4. The maximum atomic E-state index is 12.1. The molecular weight excluding hydrogens is 330 g/mol. The van der Waals surface area contributed by atoms with Crippen molar-refractivity contribution in [3.05, 3.63) is 54.6 Å². The number of methoxy groups -OCH3 is 2. The number of nitrogens with one attached hydrogen (secondary N) is 1. The lowest BCUT2D eigenvalue weighted by atomic mass is 9.98. The summed E-state index contributed by atoms with van der Waals surface area (Å²) in [6, 6.07) is 17.6. The van der Waals surface area contributed by atoms with Crippen LogP contribution in [-0.2, 0) is 4.74 Å². The van der Waals surface area contributed by atoms with E-state index in [1.807, 2.05) is 54.6 Å². The van der Waals surface area contributed by atoms with E-state index in [0.29, 0.717) is 23.8 Å². The van der Waals surface area contributed by atoms with Gasteiger partial charge in [-0.05, 0) is 30.0 Å². The molecule has 3 aromatic carbocycles. The Balaban J connectivity index is 2.24. The van der Waals surface area contributed by atoms with Gasteiger partial charge in [0.15, 0.2) is 11.5 Å². The SMILES string of the molecule is CCOC(=O)Nc1c(-c2ccccc2)ccc2cc(OC)c(OC)cc12. The molecule has 134 valence electrons. The Kier molecular flexibility index (Phi) is 5.27. The standard InChI is InChI=1S/C21H21NO4/c1-4-26-21(23)22-20-16(14-8-6-5-7-9-14)11-10-15-12-18(24-2)19(25-3)13-17(15)20/h5-13H,4H2,1-3H3,(H,22,23). The molecule has 3 aromatic rings. The third-order valence-electron chi connectivity index (χ3n) is 4.11. The van der Waals surface area contributed by atoms with Crippen LogP contribution < -0.4 is 14.8 Å². The number of carbonyl (C=O) groups excluding carboxylic acids is 1. The topological polar surface area (TPSA) is 56.8 Å². The van der Waals surface area contributed by atoms with Crippen LogP contribution in [0.3, 0.4) is 0 Å². The number of anilines is 1. The summed E-state index contributed by atoms with van der Waals surface area (Å²) in [6.07, 6.45) is -0.494. The van der Waals surface area contributed by atoms with Gasteiger partial charge in [-0.25, -0.2) is 4.79 Å². The molecule has 0 unspecified atom stereocenters. The lowest BCUT2D eigenvalue weighted by Gasteiger charge is -2.16. The second-order valence-electron chi connectivity index (χ2n) is 5.63. The van der Waals surface area contributed by atoms with Crippen molar-refractivity contribution in [2.75, 3.05) is 26.1 Å². The average Bonchev–Trinajstić information content (AvgIpc) is 2.68. The van der Waals surface area contributed by atoms with Crippen molar-refractivity contribution in [2.24, 2.45) is 0 Å². The van der Waals surface area contributed by atoms with Crippen LogP contribution in [0.5, 0.6) is 11.5 Å². The van der Waals surface area contributed by atoms with Crippen molar-refractivity contribution in [2.45, 2.75) is 6.92 Å². The molecule has 0 aliphatic heterocycles. The Bertz CT molecular complexity index is 922. The molecule has 1 N–H and O–H groups in total. The maximum Gasteiger partial charge on any atom is 0.411 e. The minimum atomic E-state index is -0.494. The van der Waals surface area contributed by atoms with E-state index in [9.17, 15) is 4.79 Å². The van der Waals surface area contributed by atoms with Crippen molar-refractivity contribution in [1.29, 1.82) is 0 Å². The van der Waals surface area contributed by atoms with E-state index in [0.717, 1.165) is 21.9 Å². The normalized spacial score (nSPS) is 10.4. The summed E-state index contributed by atoms with van der Waals surface area (Å²) in [4.78, 5) is 12.1. The number of carbonyl (C=O) groups is 1. The van der Waals surface area contributed by atoms with Gasteiger partial charge in [-0.15, -0.1) is 0 Å². The van der Waals surface area contributed by atoms with Gasteiger partial charge in [-0.3, -0.25) is 5.32 Å². The summed E-state index contributed by atoms with van der Waals surface area (Å²) >= 11 is 0. The molecule has 5 heteroatoms. The maximum absolute atomic E-state index is 12.1. The molecule has 3 rings (SSSR count). The highest BCUT2D eigenvalue weighted by atomic mass is 16.5. The average molecular weight is 351 g/mol. The first-order valence-corrected chi connectivity index (χ1v) is 8.35. The second kappa shape index (κ2) is 7.78. The Morgan fingerprint density at radius 2 is 1.65 bits per heavy atom. The molecule has 0 bridgehead atoms. The molecule has 0 radical (unpaired) electrons. The van der Waals surface area contributed by atoms with Crippen molar-refractivity contribution in [3.63, 3.8) is 0 Å². The highest BCUT2D eigenvalue weighted by Gasteiger charge is 2.16.